The van der Waals surface area contributed by atoms with E-state index in [9.17, 15) is 13.2 Å². The Morgan fingerprint density at radius 3 is 2.71 bits per heavy atom. The quantitative estimate of drug-likeness (QED) is 0.658. The third-order valence-corrected chi connectivity index (χ3v) is 3.01. The van der Waals surface area contributed by atoms with Crippen molar-refractivity contribution in [1.82, 2.24) is 10.4 Å². The number of hydrazine groups is 1. The number of hydrogen-bond donors (Lipinski definition) is 2. The summed E-state index contributed by atoms with van der Waals surface area (Å²) in [5.74, 6) is 5.40. The monoisotopic (exact) mass is 299 g/mol. The molecular weight excluding hydrogens is 283 g/mol. The van der Waals surface area contributed by atoms with E-state index in [0.717, 1.165) is 22.2 Å². The minimum Gasteiger partial charge on any atom is -0.370 e. The van der Waals surface area contributed by atoms with Gasteiger partial charge in [0.2, 0.25) is 0 Å². The molecule has 2 rings (SSSR count). The molecule has 21 heavy (non-hydrogen) atoms. The number of nitrogens with zero attached hydrogens (tertiary/aromatic N) is 1. The molecule has 0 radical (unpaired) electrons. The lowest BCUT2D eigenvalue weighted by atomic mass is 10.0. The summed E-state index contributed by atoms with van der Waals surface area (Å²) in [6.45, 7) is 0.433. The molecule has 0 aliphatic heterocycles. The molecule has 0 saturated carbocycles. The van der Waals surface area contributed by atoms with E-state index in [4.69, 9.17) is 5.84 Å². The molecule has 7 heteroatoms. The molecule has 0 amide bonds. The van der Waals surface area contributed by atoms with Gasteiger partial charge in [-0.05, 0) is 30.7 Å². The zero-order valence-electron chi connectivity index (χ0n) is 11.4. The molecule has 3 N–H and O–H groups in total. The van der Waals surface area contributed by atoms with E-state index >= 15 is 0 Å². The first kappa shape index (κ1) is 15.7. The summed E-state index contributed by atoms with van der Waals surface area (Å²) in [4.78, 5) is 4.36. The number of aryl methyl sites for hydroxylation is 1. The fourth-order valence-electron chi connectivity index (χ4n) is 2.00. The highest BCUT2D eigenvalue weighted by molar-refractivity contribution is 5.79. The number of aromatic nitrogens is 1. The van der Waals surface area contributed by atoms with Gasteiger partial charge in [-0.2, -0.15) is 13.2 Å². The van der Waals surface area contributed by atoms with Crippen LogP contribution >= 0.6 is 0 Å². The minimum absolute atomic E-state index is 0.166. The van der Waals surface area contributed by atoms with Crippen molar-refractivity contribution in [3.63, 3.8) is 0 Å². The van der Waals surface area contributed by atoms with Gasteiger partial charge < -0.3 is 4.74 Å². The van der Waals surface area contributed by atoms with E-state index in [1.54, 1.807) is 6.07 Å². The van der Waals surface area contributed by atoms with Crippen molar-refractivity contribution in [2.75, 3.05) is 13.2 Å². The highest BCUT2D eigenvalue weighted by Crippen LogP contribution is 2.21. The number of fused-ring (bicyclic) bond motifs is 1. The molecule has 0 saturated heterocycles. The smallest absolute Gasteiger partial charge is 0.370 e. The molecule has 1 aromatic carbocycles. The maximum atomic E-state index is 12.1. The number of alkyl halides is 3. The van der Waals surface area contributed by atoms with Crippen molar-refractivity contribution in [2.45, 2.75) is 19.1 Å². The summed E-state index contributed by atoms with van der Waals surface area (Å²) in [5, 5.41) is 0.897. The average Bonchev–Trinajstić information content (AvgIpc) is 2.42. The molecule has 2 aromatic rings. The summed E-state index contributed by atoms with van der Waals surface area (Å²) < 4.78 is 40.9. The first-order valence-electron chi connectivity index (χ1n) is 6.37. The molecule has 1 atom stereocenters. The Labute approximate surface area is 120 Å². The number of ether oxygens (including phenoxy) is 1. The highest BCUT2D eigenvalue weighted by Gasteiger charge is 2.28. The number of nitrogens with one attached hydrogen (secondary N) is 1. The Hall–Kier alpha value is -1.70. The molecule has 1 unspecified atom stereocenters. The molecule has 0 aliphatic rings. The minimum atomic E-state index is -4.34. The van der Waals surface area contributed by atoms with Crippen molar-refractivity contribution >= 4 is 10.9 Å². The van der Waals surface area contributed by atoms with E-state index in [0.29, 0.717) is 0 Å². The lowest BCUT2D eigenvalue weighted by Crippen LogP contribution is -2.32. The number of pyridine rings is 1. The normalized spacial score (nSPS) is 13.6. The van der Waals surface area contributed by atoms with Crippen LogP contribution in [0.3, 0.4) is 0 Å². The third kappa shape index (κ3) is 4.38. The Bertz CT molecular complexity index is 616. The second-order valence-electron chi connectivity index (χ2n) is 4.75. The Balaban J connectivity index is 2.12. The van der Waals surface area contributed by atoms with Gasteiger partial charge in [-0.15, -0.1) is 0 Å². The number of benzene rings is 1. The van der Waals surface area contributed by atoms with Crippen LogP contribution in [0.1, 0.15) is 17.3 Å². The van der Waals surface area contributed by atoms with Crippen molar-refractivity contribution in [1.29, 1.82) is 0 Å². The summed E-state index contributed by atoms with van der Waals surface area (Å²) in [7, 11) is 0. The molecule has 1 heterocycles. The van der Waals surface area contributed by atoms with E-state index in [1.807, 2.05) is 31.2 Å². The van der Waals surface area contributed by atoms with Crippen LogP contribution in [0, 0.1) is 6.92 Å². The van der Waals surface area contributed by atoms with E-state index in [1.165, 1.54) is 0 Å². The number of halogens is 3. The predicted molar refractivity (Wildman–Crippen MR) is 73.4 cm³/mol. The Morgan fingerprint density at radius 2 is 2.05 bits per heavy atom. The third-order valence-electron chi connectivity index (χ3n) is 3.01. The average molecular weight is 299 g/mol. The maximum absolute atomic E-state index is 12.1. The maximum Gasteiger partial charge on any atom is 0.411 e. The van der Waals surface area contributed by atoms with Crippen molar-refractivity contribution in [3.05, 3.63) is 41.6 Å². The summed E-state index contributed by atoms with van der Waals surface area (Å²) in [6.07, 6.45) is -4.34. The first-order valence-corrected chi connectivity index (χ1v) is 6.37. The first-order chi connectivity index (χ1) is 9.89. The van der Waals surface area contributed by atoms with Gasteiger partial charge in [-0.25, -0.2) is 0 Å². The lowest BCUT2D eigenvalue weighted by Gasteiger charge is -2.17. The van der Waals surface area contributed by atoms with Crippen molar-refractivity contribution in [3.8, 4) is 0 Å². The second kappa shape index (κ2) is 6.38. The largest absolute Gasteiger partial charge is 0.411 e. The van der Waals surface area contributed by atoms with Crippen molar-refractivity contribution in [2.24, 2.45) is 5.84 Å². The van der Waals surface area contributed by atoms with E-state index < -0.39 is 18.8 Å². The molecular formula is C14H16F3N3O. The molecule has 4 nitrogen and oxygen atoms in total. The summed E-state index contributed by atoms with van der Waals surface area (Å²) >= 11 is 0. The van der Waals surface area contributed by atoms with Crippen LogP contribution in [0.25, 0.3) is 10.9 Å². The SMILES string of the molecule is Cc1ccc2cc(C(COCC(F)(F)F)NN)ccc2n1. The predicted octanol–water partition coefficient (Wildman–Crippen LogP) is 2.63. The fraction of sp³-hybridized carbons (Fsp3) is 0.357. The molecule has 114 valence electrons. The van der Waals surface area contributed by atoms with E-state index in [2.05, 4.69) is 15.1 Å². The van der Waals surface area contributed by atoms with Gasteiger partial charge in [0, 0.05) is 11.1 Å². The van der Waals surface area contributed by atoms with Crippen LogP contribution in [0.15, 0.2) is 30.3 Å². The molecule has 0 fully saturated rings. The van der Waals surface area contributed by atoms with Crippen LogP contribution in [0.4, 0.5) is 13.2 Å². The van der Waals surface area contributed by atoms with Crippen LogP contribution in [-0.4, -0.2) is 24.4 Å². The van der Waals surface area contributed by atoms with Crippen LogP contribution < -0.4 is 11.3 Å². The van der Waals surface area contributed by atoms with E-state index in [-0.39, 0.29) is 6.61 Å². The van der Waals surface area contributed by atoms with Crippen LogP contribution in [0.2, 0.25) is 0 Å². The number of nitrogens with two attached hydrogens (primary N) is 1. The topological polar surface area (TPSA) is 60.2 Å². The standard InChI is InChI=1S/C14H16F3N3O/c1-9-2-3-10-6-11(4-5-12(10)19-9)13(20-18)7-21-8-14(15,16)17/h2-6,13,20H,7-8,18H2,1H3. The van der Waals surface area contributed by atoms with Gasteiger partial charge in [0.15, 0.2) is 0 Å². The van der Waals surface area contributed by atoms with Gasteiger partial charge >= 0.3 is 6.18 Å². The zero-order chi connectivity index (χ0) is 15.5. The van der Waals surface area contributed by atoms with Crippen LogP contribution in [-0.2, 0) is 4.74 Å². The second-order valence-corrected chi connectivity index (χ2v) is 4.75. The molecule has 0 spiro atoms. The van der Waals surface area contributed by atoms with Crippen LogP contribution in [0.5, 0.6) is 0 Å². The summed E-state index contributed by atoms with van der Waals surface area (Å²) in [6, 6.07) is 8.69. The molecule has 0 bridgehead atoms. The zero-order valence-corrected chi connectivity index (χ0v) is 11.4. The van der Waals surface area contributed by atoms with Gasteiger partial charge in [0.1, 0.15) is 6.61 Å². The highest BCUT2D eigenvalue weighted by atomic mass is 19.4. The van der Waals surface area contributed by atoms with Crippen molar-refractivity contribution < 1.29 is 17.9 Å². The Morgan fingerprint density at radius 1 is 1.29 bits per heavy atom. The van der Waals surface area contributed by atoms with Gasteiger partial charge in [-0.1, -0.05) is 12.1 Å². The number of hydrogen-bond acceptors (Lipinski definition) is 4. The molecule has 0 aliphatic carbocycles. The number of rotatable bonds is 5. The van der Waals surface area contributed by atoms with Gasteiger partial charge in [-0.3, -0.25) is 16.3 Å². The van der Waals surface area contributed by atoms with Gasteiger partial charge in [0.05, 0.1) is 18.2 Å². The lowest BCUT2D eigenvalue weighted by molar-refractivity contribution is -0.175. The van der Waals surface area contributed by atoms with Gasteiger partial charge in [0.25, 0.3) is 0 Å². The summed E-state index contributed by atoms with van der Waals surface area (Å²) in [5.41, 5.74) is 4.94. The fourth-order valence-corrected chi connectivity index (χ4v) is 2.00. The Kier molecular flexibility index (Phi) is 4.76. The molecule has 1 aromatic heterocycles.